The van der Waals surface area contributed by atoms with Gasteiger partial charge in [-0.3, -0.25) is 14.4 Å². The lowest BCUT2D eigenvalue weighted by Gasteiger charge is -2.28. The van der Waals surface area contributed by atoms with Gasteiger partial charge in [0, 0.05) is 29.6 Å². The second-order valence-corrected chi connectivity index (χ2v) is 11.3. The number of sulfone groups is 1. The molecular weight excluding hydrogens is 464 g/mol. The maximum absolute atomic E-state index is 13.5. The fourth-order valence-electron chi connectivity index (χ4n) is 4.74. The molecule has 9 heteroatoms. The minimum absolute atomic E-state index is 0.125. The first-order valence-electron chi connectivity index (χ1n) is 11.6. The van der Waals surface area contributed by atoms with Crippen LogP contribution in [0.2, 0.25) is 0 Å². The third kappa shape index (κ3) is 5.57. The number of carbonyl (C=O) groups excluding carboxylic acids is 1. The molecule has 0 saturated carbocycles. The highest BCUT2D eigenvalue weighted by atomic mass is 32.2. The van der Waals surface area contributed by atoms with Crippen molar-refractivity contribution in [3.05, 3.63) is 77.1 Å². The van der Waals surface area contributed by atoms with E-state index in [1.54, 1.807) is 13.2 Å². The second-order valence-electron chi connectivity index (χ2n) is 9.10. The number of amides is 1. The number of hydrogen-bond donors (Lipinski definition) is 1. The molecule has 1 fully saturated rings. The average Bonchev–Trinajstić information content (AvgIpc) is 3.33. The van der Waals surface area contributed by atoms with Gasteiger partial charge in [-0.15, -0.1) is 0 Å². The van der Waals surface area contributed by atoms with E-state index in [9.17, 15) is 13.2 Å². The first-order valence-corrected chi connectivity index (χ1v) is 13.5. The molecule has 2 heterocycles. The number of aryl methyl sites for hydroxylation is 1. The van der Waals surface area contributed by atoms with E-state index in [0.29, 0.717) is 24.4 Å². The predicted octanol–water partition coefficient (Wildman–Crippen LogP) is 3.68. The molecule has 1 aromatic heterocycles. The van der Waals surface area contributed by atoms with Crippen molar-refractivity contribution in [2.75, 3.05) is 31.0 Å². The molecule has 1 aliphatic heterocycles. The van der Waals surface area contributed by atoms with Crippen LogP contribution in [-0.2, 0) is 21.2 Å². The van der Waals surface area contributed by atoms with Crippen LogP contribution in [0.15, 0.2) is 54.6 Å². The van der Waals surface area contributed by atoms with Crippen molar-refractivity contribution in [1.29, 1.82) is 0 Å². The molecule has 0 spiro atoms. The van der Waals surface area contributed by atoms with Gasteiger partial charge >= 0.3 is 0 Å². The topological polar surface area (TPSA) is 93.5 Å². The van der Waals surface area contributed by atoms with Crippen LogP contribution in [0.3, 0.4) is 0 Å². The molecule has 0 unspecified atom stereocenters. The third-order valence-electron chi connectivity index (χ3n) is 6.58. The van der Waals surface area contributed by atoms with E-state index in [1.165, 1.54) is 0 Å². The molecule has 2 aromatic carbocycles. The summed E-state index contributed by atoms with van der Waals surface area (Å²) in [4.78, 5) is 15.5. The van der Waals surface area contributed by atoms with Crippen LogP contribution in [-0.4, -0.2) is 54.7 Å². The second kappa shape index (κ2) is 10.2. The van der Waals surface area contributed by atoms with E-state index in [-0.39, 0.29) is 23.5 Å². The summed E-state index contributed by atoms with van der Waals surface area (Å²) in [5.74, 6) is 0.836. The number of benzene rings is 2. The summed E-state index contributed by atoms with van der Waals surface area (Å²) < 4.78 is 31.2. The van der Waals surface area contributed by atoms with Crippen LogP contribution in [0, 0.1) is 13.8 Å². The van der Waals surface area contributed by atoms with E-state index < -0.39 is 15.9 Å². The Balaban J connectivity index is 1.60. The summed E-state index contributed by atoms with van der Waals surface area (Å²) in [5.41, 5.74) is 4.33. The molecular formula is C26H32N4O4S. The van der Waals surface area contributed by atoms with Gasteiger partial charge < -0.3 is 10.1 Å². The van der Waals surface area contributed by atoms with Crippen molar-refractivity contribution < 1.29 is 17.9 Å². The Bertz CT molecular complexity index is 1300. The highest BCUT2D eigenvalue weighted by molar-refractivity contribution is 7.91. The Morgan fingerprint density at radius 3 is 2.60 bits per heavy atom. The molecule has 1 saturated heterocycles. The molecule has 35 heavy (non-hydrogen) atoms. The third-order valence-corrected chi connectivity index (χ3v) is 8.33. The highest BCUT2D eigenvalue weighted by Gasteiger charge is 2.32. The van der Waals surface area contributed by atoms with Crippen LogP contribution in [0.1, 0.15) is 41.0 Å². The van der Waals surface area contributed by atoms with Crippen molar-refractivity contribution in [3.8, 4) is 5.75 Å². The molecule has 1 aliphatic rings. The Morgan fingerprint density at radius 2 is 1.94 bits per heavy atom. The Kier molecular flexibility index (Phi) is 7.28. The number of hydrogen-bond acceptors (Lipinski definition) is 6. The molecule has 186 valence electrons. The van der Waals surface area contributed by atoms with Gasteiger partial charge in [0.05, 0.1) is 30.4 Å². The van der Waals surface area contributed by atoms with Gasteiger partial charge in [0.1, 0.15) is 11.8 Å². The number of anilines is 1. The van der Waals surface area contributed by atoms with E-state index in [1.807, 2.05) is 79.0 Å². The van der Waals surface area contributed by atoms with Crippen molar-refractivity contribution in [2.45, 2.75) is 38.9 Å². The van der Waals surface area contributed by atoms with Crippen LogP contribution < -0.4 is 10.1 Å². The standard InChI is InChI=1S/C26H32N4O4S/c1-18-24(19(2)30(28-18)22-13-14-35(32,33)17-22)16-29(3)25(20-9-6-5-7-10-20)26(31)27-21-11-8-12-23(15-21)34-4/h5-12,15,22,25H,13-14,16-17H2,1-4H3,(H,27,31)/t22-,25+/m1/s1. The first kappa shape index (κ1) is 24.9. The maximum atomic E-state index is 13.5. The van der Waals surface area contributed by atoms with E-state index >= 15 is 0 Å². The fourth-order valence-corrected chi connectivity index (χ4v) is 6.44. The zero-order valence-corrected chi connectivity index (χ0v) is 21.4. The predicted molar refractivity (Wildman–Crippen MR) is 136 cm³/mol. The molecule has 0 aliphatic carbocycles. The molecule has 8 nitrogen and oxygen atoms in total. The molecule has 0 radical (unpaired) electrons. The summed E-state index contributed by atoms with van der Waals surface area (Å²) in [6, 6.07) is 16.2. The maximum Gasteiger partial charge on any atom is 0.246 e. The van der Waals surface area contributed by atoms with Crippen LogP contribution >= 0.6 is 0 Å². The van der Waals surface area contributed by atoms with Crippen molar-refractivity contribution in [3.63, 3.8) is 0 Å². The van der Waals surface area contributed by atoms with Crippen LogP contribution in [0.5, 0.6) is 5.75 Å². The lowest BCUT2D eigenvalue weighted by molar-refractivity contribution is -0.121. The molecule has 2 atom stereocenters. The molecule has 1 N–H and O–H groups in total. The van der Waals surface area contributed by atoms with Gasteiger partial charge in [-0.25, -0.2) is 8.42 Å². The van der Waals surface area contributed by atoms with Crippen LogP contribution in [0.25, 0.3) is 0 Å². The Labute approximate surface area is 206 Å². The normalized spacial score (nSPS) is 17.9. The average molecular weight is 497 g/mol. The monoisotopic (exact) mass is 496 g/mol. The quantitative estimate of drug-likeness (QED) is 0.511. The largest absolute Gasteiger partial charge is 0.497 e. The SMILES string of the molecule is COc1cccc(NC(=O)[C@H](c2ccccc2)N(C)Cc2c(C)nn([C@@H]3CCS(=O)(=O)C3)c2C)c1. The van der Waals surface area contributed by atoms with Crippen molar-refractivity contribution in [2.24, 2.45) is 0 Å². The van der Waals surface area contributed by atoms with E-state index in [0.717, 1.165) is 22.5 Å². The van der Waals surface area contributed by atoms with Gasteiger partial charge in [0.25, 0.3) is 0 Å². The number of aromatic nitrogens is 2. The summed E-state index contributed by atoms with van der Waals surface area (Å²) in [7, 11) is 0.491. The first-order chi connectivity index (χ1) is 16.7. The summed E-state index contributed by atoms with van der Waals surface area (Å²) in [6.07, 6.45) is 0.579. The zero-order valence-electron chi connectivity index (χ0n) is 20.6. The van der Waals surface area contributed by atoms with E-state index in [2.05, 4.69) is 10.4 Å². The van der Waals surface area contributed by atoms with E-state index in [4.69, 9.17) is 4.74 Å². The van der Waals surface area contributed by atoms with Crippen LogP contribution in [0.4, 0.5) is 5.69 Å². The lowest BCUT2D eigenvalue weighted by atomic mass is 10.0. The minimum Gasteiger partial charge on any atom is -0.497 e. The van der Waals surface area contributed by atoms with Gasteiger partial charge in [0.2, 0.25) is 5.91 Å². The molecule has 4 rings (SSSR count). The number of ether oxygens (including phenoxy) is 1. The number of nitrogens with zero attached hydrogens (tertiary/aromatic N) is 3. The highest BCUT2D eigenvalue weighted by Crippen LogP contribution is 2.30. The summed E-state index contributed by atoms with van der Waals surface area (Å²) in [5, 5.41) is 7.71. The Hall–Kier alpha value is -3.17. The minimum atomic E-state index is -3.02. The molecule has 3 aromatic rings. The summed E-state index contributed by atoms with van der Waals surface area (Å²) >= 11 is 0. The van der Waals surface area contributed by atoms with Gasteiger partial charge in [-0.2, -0.15) is 5.10 Å². The molecule has 0 bridgehead atoms. The van der Waals surface area contributed by atoms with Crippen molar-refractivity contribution >= 4 is 21.4 Å². The number of rotatable bonds is 8. The smallest absolute Gasteiger partial charge is 0.246 e. The number of methoxy groups -OCH3 is 1. The van der Waals surface area contributed by atoms with Crippen molar-refractivity contribution in [1.82, 2.24) is 14.7 Å². The summed E-state index contributed by atoms with van der Waals surface area (Å²) in [6.45, 7) is 4.40. The van der Waals surface area contributed by atoms with Gasteiger partial charge in [-0.1, -0.05) is 36.4 Å². The van der Waals surface area contributed by atoms with Gasteiger partial charge in [-0.05, 0) is 45.0 Å². The number of nitrogens with one attached hydrogen (secondary N) is 1. The molecule has 1 amide bonds. The lowest BCUT2D eigenvalue weighted by Crippen LogP contribution is -2.34. The fraction of sp³-hybridized carbons (Fsp3) is 0.385. The Morgan fingerprint density at radius 1 is 1.20 bits per heavy atom. The number of likely N-dealkylation sites (N-methyl/N-ethyl adjacent to an activating group) is 1. The number of carbonyl (C=O) groups is 1. The van der Waals surface area contributed by atoms with Gasteiger partial charge in [0.15, 0.2) is 9.84 Å². The zero-order chi connectivity index (χ0) is 25.2.